The standard InChI is InChI=1S/C15H19F3N4O/c16-15(17,18)10-14(23)22-7-5-21(6-8-22)13-9-11-3-1-2-4-12(11)19-20-13/h9H,1-8,10H2. The lowest BCUT2D eigenvalue weighted by Gasteiger charge is -2.35. The summed E-state index contributed by atoms with van der Waals surface area (Å²) >= 11 is 0. The molecule has 8 heteroatoms. The average molecular weight is 328 g/mol. The molecule has 1 aromatic rings. The van der Waals surface area contributed by atoms with Crippen LogP contribution >= 0.6 is 0 Å². The van der Waals surface area contributed by atoms with Gasteiger partial charge in [-0.2, -0.15) is 18.3 Å². The van der Waals surface area contributed by atoms with Gasteiger partial charge in [0, 0.05) is 26.2 Å². The van der Waals surface area contributed by atoms with Crippen LogP contribution in [0.25, 0.3) is 0 Å². The molecular weight excluding hydrogens is 309 g/mol. The number of halogens is 3. The van der Waals surface area contributed by atoms with E-state index in [1.165, 1.54) is 10.5 Å². The molecule has 0 spiro atoms. The SMILES string of the molecule is O=C(CC(F)(F)F)N1CCN(c2cc3c(nn2)CCCC3)CC1. The van der Waals surface area contributed by atoms with Crippen LogP contribution in [0.1, 0.15) is 30.5 Å². The number of aromatic nitrogens is 2. The number of alkyl halides is 3. The summed E-state index contributed by atoms with van der Waals surface area (Å²) in [5.74, 6) is -0.0951. The highest BCUT2D eigenvalue weighted by Gasteiger charge is 2.34. The van der Waals surface area contributed by atoms with Crippen molar-refractivity contribution >= 4 is 11.7 Å². The Hall–Kier alpha value is -1.86. The van der Waals surface area contributed by atoms with E-state index in [-0.39, 0.29) is 13.1 Å². The van der Waals surface area contributed by atoms with Crippen LogP contribution in [0, 0.1) is 0 Å². The summed E-state index contributed by atoms with van der Waals surface area (Å²) in [7, 11) is 0. The molecule has 2 aliphatic rings. The fraction of sp³-hybridized carbons (Fsp3) is 0.667. The molecule has 1 saturated heterocycles. The van der Waals surface area contributed by atoms with Gasteiger partial charge in [-0.15, -0.1) is 5.10 Å². The number of aryl methyl sites for hydroxylation is 2. The van der Waals surface area contributed by atoms with E-state index in [0.717, 1.165) is 37.2 Å². The van der Waals surface area contributed by atoms with Gasteiger partial charge in [-0.25, -0.2) is 0 Å². The summed E-state index contributed by atoms with van der Waals surface area (Å²) in [6.45, 7) is 1.54. The van der Waals surface area contributed by atoms with Crippen LogP contribution in [0.4, 0.5) is 19.0 Å². The molecule has 1 fully saturated rings. The number of nitrogens with zero attached hydrogens (tertiary/aromatic N) is 4. The van der Waals surface area contributed by atoms with Gasteiger partial charge in [-0.05, 0) is 37.3 Å². The van der Waals surface area contributed by atoms with Crippen molar-refractivity contribution in [2.75, 3.05) is 31.1 Å². The lowest BCUT2D eigenvalue weighted by molar-refractivity contribution is -0.161. The molecule has 0 saturated carbocycles. The van der Waals surface area contributed by atoms with Gasteiger partial charge < -0.3 is 9.80 Å². The van der Waals surface area contributed by atoms with Crippen molar-refractivity contribution in [3.8, 4) is 0 Å². The van der Waals surface area contributed by atoms with E-state index in [0.29, 0.717) is 13.1 Å². The van der Waals surface area contributed by atoms with Gasteiger partial charge >= 0.3 is 6.18 Å². The zero-order chi connectivity index (χ0) is 16.4. The minimum atomic E-state index is -4.45. The molecule has 1 amide bonds. The highest BCUT2D eigenvalue weighted by molar-refractivity contribution is 5.77. The van der Waals surface area contributed by atoms with Gasteiger partial charge in [0.25, 0.3) is 0 Å². The first kappa shape index (κ1) is 16.0. The number of anilines is 1. The van der Waals surface area contributed by atoms with E-state index in [1.807, 2.05) is 11.0 Å². The summed E-state index contributed by atoms with van der Waals surface area (Å²) in [6, 6.07) is 2.04. The maximum absolute atomic E-state index is 12.3. The number of hydrogen-bond acceptors (Lipinski definition) is 4. The molecule has 0 atom stereocenters. The van der Waals surface area contributed by atoms with E-state index < -0.39 is 18.5 Å². The second kappa shape index (κ2) is 6.33. The van der Waals surface area contributed by atoms with Crippen LogP contribution in [0.2, 0.25) is 0 Å². The van der Waals surface area contributed by atoms with Crippen LogP contribution in [0.3, 0.4) is 0 Å². The van der Waals surface area contributed by atoms with Crippen LogP contribution in [-0.2, 0) is 17.6 Å². The molecule has 0 radical (unpaired) electrons. The molecule has 3 rings (SSSR count). The zero-order valence-electron chi connectivity index (χ0n) is 12.8. The van der Waals surface area contributed by atoms with Crippen molar-refractivity contribution in [2.45, 2.75) is 38.3 Å². The third kappa shape index (κ3) is 3.92. The Kier molecular flexibility index (Phi) is 4.41. The Labute approximate surface area is 132 Å². The van der Waals surface area contributed by atoms with Crippen LogP contribution in [0.15, 0.2) is 6.07 Å². The summed E-state index contributed by atoms with van der Waals surface area (Å²) in [5, 5.41) is 8.51. The molecule has 1 aliphatic heterocycles. The smallest absolute Gasteiger partial charge is 0.352 e. The maximum atomic E-state index is 12.3. The molecule has 1 aromatic heterocycles. The molecule has 0 N–H and O–H groups in total. The van der Waals surface area contributed by atoms with Crippen LogP contribution in [0.5, 0.6) is 0 Å². The fourth-order valence-electron chi connectivity index (χ4n) is 3.10. The number of amides is 1. The molecule has 0 aromatic carbocycles. The molecular formula is C15H19F3N4O. The van der Waals surface area contributed by atoms with Crippen molar-refractivity contribution in [3.63, 3.8) is 0 Å². The summed E-state index contributed by atoms with van der Waals surface area (Å²) in [6.07, 6.45) is -1.58. The Morgan fingerprint density at radius 2 is 1.78 bits per heavy atom. The van der Waals surface area contributed by atoms with E-state index >= 15 is 0 Å². The minimum Gasteiger partial charge on any atom is -0.352 e. The monoisotopic (exact) mass is 328 g/mol. The largest absolute Gasteiger partial charge is 0.397 e. The van der Waals surface area contributed by atoms with Crippen molar-refractivity contribution in [2.24, 2.45) is 0 Å². The number of carbonyl (C=O) groups excluding carboxylic acids is 1. The molecule has 2 heterocycles. The summed E-state index contributed by atoms with van der Waals surface area (Å²) < 4.78 is 36.9. The second-order valence-electron chi connectivity index (χ2n) is 6.04. The highest BCUT2D eigenvalue weighted by Crippen LogP contribution is 2.24. The normalized spacial score (nSPS) is 18.7. The molecule has 1 aliphatic carbocycles. The minimum absolute atomic E-state index is 0.285. The van der Waals surface area contributed by atoms with Crippen LogP contribution in [-0.4, -0.2) is 53.4 Å². The predicted octanol–water partition coefficient (Wildman–Crippen LogP) is 1.96. The van der Waals surface area contributed by atoms with Crippen LogP contribution < -0.4 is 4.90 Å². The van der Waals surface area contributed by atoms with Gasteiger partial charge in [0.15, 0.2) is 5.82 Å². The number of piperazine rings is 1. The number of hydrogen-bond donors (Lipinski definition) is 0. The third-order valence-corrected chi connectivity index (χ3v) is 4.36. The van der Waals surface area contributed by atoms with Gasteiger partial charge in [-0.1, -0.05) is 0 Å². The first-order valence-electron chi connectivity index (χ1n) is 7.87. The zero-order valence-corrected chi connectivity index (χ0v) is 12.8. The molecule has 126 valence electrons. The third-order valence-electron chi connectivity index (χ3n) is 4.36. The lowest BCUT2D eigenvalue weighted by atomic mass is 9.97. The van der Waals surface area contributed by atoms with E-state index in [2.05, 4.69) is 10.2 Å². The summed E-state index contributed by atoms with van der Waals surface area (Å²) in [4.78, 5) is 14.9. The lowest BCUT2D eigenvalue weighted by Crippen LogP contribution is -2.49. The van der Waals surface area contributed by atoms with Crippen molar-refractivity contribution in [1.29, 1.82) is 0 Å². The topological polar surface area (TPSA) is 49.3 Å². The fourth-order valence-corrected chi connectivity index (χ4v) is 3.10. The molecule has 0 unspecified atom stereocenters. The first-order valence-corrected chi connectivity index (χ1v) is 7.87. The van der Waals surface area contributed by atoms with Gasteiger partial charge in [-0.3, -0.25) is 4.79 Å². The number of fused-ring (bicyclic) bond motifs is 1. The molecule has 5 nitrogen and oxygen atoms in total. The van der Waals surface area contributed by atoms with Gasteiger partial charge in [0.05, 0.1) is 5.69 Å². The Bertz CT molecular complexity index is 583. The Morgan fingerprint density at radius 3 is 2.48 bits per heavy atom. The summed E-state index contributed by atoms with van der Waals surface area (Å²) in [5.41, 5.74) is 2.27. The number of carbonyl (C=O) groups is 1. The van der Waals surface area contributed by atoms with Gasteiger partial charge in [0.2, 0.25) is 5.91 Å². The van der Waals surface area contributed by atoms with E-state index in [1.54, 1.807) is 0 Å². The predicted molar refractivity (Wildman–Crippen MR) is 78.1 cm³/mol. The quantitative estimate of drug-likeness (QED) is 0.833. The molecule has 0 bridgehead atoms. The van der Waals surface area contributed by atoms with Gasteiger partial charge in [0.1, 0.15) is 6.42 Å². The Balaban J connectivity index is 1.60. The van der Waals surface area contributed by atoms with Crippen molar-refractivity contribution < 1.29 is 18.0 Å². The number of rotatable bonds is 2. The average Bonchev–Trinajstić information content (AvgIpc) is 2.53. The second-order valence-corrected chi connectivity index (χ2v) is 6.04. The first-order chi connectivity index (χ1) is 10.9. The highest BCUT2D eigenvalue weighted by atomic mass is 19.4. The molecule has 23 heavy (non-hydrogen) atoms. The maximum Gasteiger partial charge on any atom is 0.397 e. The van der Waals surface area contributed by atoms with Crippen molar-refractivity contribution in [1.82, 2.24) is 15.1 Å². The van der Waals surface area contributed by atoms with Crippen molar-refractivity contribution in [3.05, 3.63) is 17.3 Å². The Morgan fingerprint density at radius 1 is 1.09 bits per heavy atom. The van der Waals surface area contributed by atoms with E-state index in [4.69, 9.17) is 0 Å². The van der Waals surface area contributed by atoms with E-state index in [9.17, 15) is 18.0 Å².